The van der Waals surface area contributed by atoms with E-state index < -0.39 is 12.1 Å². The third-order valence-corrected chi connectivity index (χ3v) is 2.46. The van der Waals surface area contributed by atoms with Crippen LogP contribution in [-0.4, -0.2) is 16.2 Å². The van der Waals surface area contributed by atoms with E-state index in [0.717, 1.165) is 17.7 Å². The maximum absolute atomic E-state index is 10.6. The Hall–Kier alpha value is -1.39. The van der Waals surface area contributed by atoms with Gasteiger partial charge in [-0.2, -0.15) is 0 Å². The van der Waals surface area contributed by atoms with Gasteiger partial charge in [-0.1, -0.05) is 18.2 Å². The predicted octanol–water partition coefficient (Wildman–Crippen LogP) is 0.408. The van der Waals surface area contributed by atoms with Crippen LogP contribution in [0.25, 0.3) is 0 Å². The van der Waals surface area contributed by atoms with Crippen LogP contribution in [0.15, 0.2) is 18.2 Å². The molecule has 0 saturated carbocycles. The molecule has 4 heteroatoms. The van der Waals surface area contributed by atoms with Crippen LogP contribution in [0.5, 0.6) is 0 Å². The number of fused-ring (bicyclic) bond motifs is 1. The van der Waals surface area contributed by atoms with E-state index in [0.29, 0.717) is 12.1 Å². The molecule has 0 bridgehead atoms. The highest BCUT2D eigenvalue weighted by molar-refractivity contribution is 5.74. The van der Waals surface area contributed by atoms with Gasteiger partial charge in [0, 0.05) is 13.1 Å². The maximum atomic E-state index is 10.6. The molecule has 0 saturated heterocycles. The minimum absolute atomic E-state index is 0.500. The normalized spacial score (nSPS) is 16.4. The summed E-state index contributed by atoms with van der Waals surface area (Å²) in [5.41, 5.74) is 2.49. The average Bonchev–Trinajstić information content (AvgIpc) is 2.63. The monoisotopic (exact) mass is 193 g/mol. The molecule has 1 unspecified atom stereocenters. The SMILES string of the molecule is O=C(O)C(O)c1cccc2c1CNC2. The zero-order valence-electron chi connectivity index (χ0n) is 7.53. The van der Waals surface area contributed by atoms with Crippen molar-refractivity contribution in [3.05, 3.63) is 34.9 Å². The second-order valence-electron chi connectivity index (χ2n) is 3.33. The number of carboxylic acids is 1. The van der Waals surface area contributed by atoms with Gasteiger partial charge in [0.25, 0.3) is 0 Å². The molecule has 1 aromatic carbocycles. The molecular weight excluding hydrogens is 182 g/mol. The number of aliphatic hydroxyl groups excluding tert-OH is 1. The van der Waals surface area contributed by atoms with Gasteiger partial charge in [0.15, 0.2) is 6.10 Å². The van der Waals surface area contributed by atoms with Crippen molar-refractivity contribution in [3.8, 4) is 0 Å². The molecule has 2 rings (SSSR count). The lowest BCUT2D eigenvalue weighted by atomic mass is 9.99. The minimum Gasteiger partial charge on any atom is -0.479 e. The van der Waals surface area contributed by atoms with Crippen molar-refractivity contribution in [1.82, 2.24) is 5.32 Å². The van der Waals surface area contributed by atoms with Gasteiger partial charge < -0.3 is 15.5 Å². The maximum Gasteiger partial charge on any atom is 0.337 e. The zero-order valence-corrected chi connectivity index (χ0v) is 7.53. The van der Waals surface area contributed by atoms with E-state index in [1.165, 1.54) is 0 Å². The van der Waals surface area contributed by atoms with Gasteiger partial charge in [-0.05, 0) is 16.7 Å². The number of aliphatic hydroxyl groups is 1. The molecule has 0 aliphatic carbocycles. The number of rotatable bonds is 2. The standard InChI is InChI=1S/C10H11NO3/c12-9(10(13)14)7-3-1-2-6-4-11-5-8(6)7/h1-3,9,11-12H,4-5H2,(H,13,14). The summed E-state index contributed by atoms with van der Waals surface area (Å²) < 4.78 is 0. The number of hydrogen-bond donors (Lipinski definition) is 3. The molecule has 1 atom stereocenters. The molecule has 4 nitrogen and oxygen atoms in total. The van der Waals surface area contributed by atoms with Crippen LogP contribution in [0.1, 0.15) is 22.8 Å². The fraction of sp³-hybridized carbons (Fsp3) is 0.300. The molecule has 1 aromatic rings. The van der Waals surface area contributed by atoms with Gasteiger partial charge in [-0.25, -0.2) is 4.79 Å². The topological polar surface area (TPSA) is 69.6 Å². The highest BCUT2D eigenvalue weighted by Crippen LogP contribution is 2.25. The van der Waals surface area contributed by atoms with E-state index in [-0.39, 0.29) is 0 Å². The summed E-state index contributed by atoms with van der Waals surface area (Å²) in [4.78, 5) is 10.6. The van der Waals surface area contributed by atoms with Gasteiger partial charge in [0.2, 0.25) is 0 Å². The first-order valence-electron chi connectivity index (χ1n) is 4.42. The van der Waals surface area contributed by atoms with E-state index in [9.17, 15) is 9.90 Å². The summed E-state index contributed by atoms with van der Waals surface area (Å²) in [6.45, 7) is 1.38. The van der Waals surface area contributed by atoms with E-state index >= 15 is 0 Å². The lowest BCUT2D eigenvalue weighted by molar-refractivity contribution is -0.147. The highest BCUT2D eigenvalue weighted by atomic mass is 16.4. The molecule has 74 valence electrons. The van der Waals surface area contributed by atoms with E-state index in [4.69, 9.17) is 5.11 Å². The number of aliphatic carboxylic acids is 1. The van der Waals surface area contributed by atoms with Crippen molar-refractivity contribution in [1.29, 1.82) is 0 Å². The van der Waals surface area contributed by atoms with Crippen molar-refractivity contribution in [3.63, 3.8) is 0 Å². The summed E-state index contributed by atoms with van der Waals surface area (Å²) in [6, 6.07) is 5.37. The quantitative estimate of drug-likeness (QED) is 0.636. The molecule has 0 fully saturated rings. The Morgan fingerprint density at radius 2 is 2.21 bits per heavy atom. The molecule has 0 amide bonds. The van der Waals surface area contributed by atoms with Gasteiger partial charge >= 0.3 is 5.97 Å². The van der Waals surface area contributed by atoms with Crippen LogP contribution in [0.4, 0.5) is 0 Å². The number of nitrogens with one attached hydrogen (secondary N) is 1. The Morgan fingerprint density at radius 1 is 1.43 bits per heavy atom. The number of carbonyl (C=O) groups is 1. The first kappa shape index (κ1) is 9.18. The lowest BCUT2D eigenvalue weighted by Gasteiger charge is -2.10. The van der Waals surface area contributed by atoms with Crippen LogP contribution >= 0.6 is 0 Å². The Morgan fingerprint density at radius 3 is 2.93 bits per heavy atom. The number of benzene rings is 1. The lowest BCUT2D eigenvalue weighted by Crippen LogP contribution is -2.13. The summed E-state index contributed by atoms with van der Waals surface area (Å²) in [6.07, 6.45) is -1.41. The summed E-state index contributed by atoms with van der Waals surface area (Å²) in [5, 5.41) is 21.2. The second-order valence-corrected chi connectivity index (χ2v) is 3.33. The number of carboxylic acid groups (broad SMARTS) is 1. The molecule has 1 aliphatic heterocycles. The Balaban J connectivity index is 2.44. The molecule has 3 N–H and O–H groups in total. The Kier molecular flexibility index (Phi) is 2.23. The fourth-order valence-electron chi connectivity index (χ4n) is 1.75. The Labute approximate surface area is 81.2 Å². The average molecular weight is 193 g/mol. The van der Waals surface area contributed by atoms with Crippen molar-refractivity contribution >= 4 is 5.97 Å². The largest absolute Gasteiger partial charge is 0.479 e. The van der Waals surface area contributed by atoms with Crippen LogP contribution in [0.3, 0.4) is 0 Å². The van der Waals surface area contributed by atoms with E-state index in [2.05, 4.69) is 5.32 Å². The first-order chi connectivity index (χ1) is 6.70. The summed E-state index contributed by atoms with van der Waals surface area (Å²) in [7, 11) is 0. The van der Waals surface area contributed by atoms with Gasteiger partial charge in [0.05, 0.1) is 0 Å². The van der Waals surface area contributed by atoms with Gasteiger partial charge in [-0.3, -0.25) is 0 Å². The third kappa shape index (κ3) is 1.38. The smallest absolute Gasteiger partial charge is 0.337 e. The second kappa shape index (κ2) is 3.40. The van der Waals surface area contributed by atoms with Gasteiger partial charge in [-0.15, -0.1) is 0 Å². The molecule has 1 aliphatic rings. The molecular formula is C10H11NO3. The summed E-state index contributed by atoms with van der Waals surface area (Å²) in [5.74, 6) is -1.20. The highest BCUT2D eigenvalue weighted by Gasteiger charge is 2.22. The van der Waals surface area contributed by atoms with Crippen LogP contribution in [0, 0.1) is 0 Å². The van der Waals surface area contributed by atoms with Crippen molar-refractivity contribution in [2.24, 2.45) is 0 Å². The third-order valence-electron chi connectivity index (χ3n) is 2.46. The van der Waals surface area contributed by atoms with Crippen molar-refractivity contribution in [2.75, 3.05) is 0 Å². The zero-order chi connectivity index (χ0) is 10.1. The first-order valence-corrected chi connectivity index (χ1v) is 4.42. The minimum atomic E-state index is -1.41. The predicted molar refractivity (Wildman–Crippen MR) is 49.6 cm³/mol. The fourth-order valence-corrected chi connectivity index (χ4v) is 1.75. The molecule has 14 heavy (non-hydrogen) atoms. The molecule has 0 aromatic heterocycles. The number of hydrogen-bond acceptors (Lipinski definition) is 3. The van der Waals surface area contributed by atoms with Crippen LogP contribution in [0.2, 0.25) is 0 Å². The van der Waals surface area contributed by atoms with Crippen LogP contribution < -0.4 is 5.32 Å². The molecule has 1 heterocycles. The van der Waals surface area contributed by atoms with Crippen molar-refractivity contribution in [2.45, 2.75) is 19.2 Å². The van der Waals surface area contributed by atoms with Crippen molar-refractivity contribution < 1.29 is 15.0 Å². The van der Waals surface area contributed by atoms with Gasteiger partial charge in [0.1, 0.15) is 0 Å². The summed E-state index contributed by atoms with van der Waals surface area (Å²) >= 11 is 0. The molecule has 0 radical (unpaired) electrons. The van der Waals surface area contributed by atoms with E-state index in [1.807, 2.05) is 6.07 Å². The van der Waals surface area contributed by atoms with Crippen LogP contribution in [-0.2, 0) is 17.9 Å². The van der Waals surface area contributed by atoms with E-state index in [1.54, 1.807) is 12.1 Å². The Bertz CT molecular complexity index is 376. The molecule has 0 spiro atoms.